The van der Waals surface area contributed by atoms with Gasteiger partial charge >= 0.3 is 5.69 Å². The van der Waals surface area contributed by atoms with Crippen molar-refractivity contribution in [3.8, 4) is 29.4 Å². The van der Waals surface area contributed by atoms with E-state index in [9.17, 15) is 9.90 Å². The van der Waals surface area contributed by atoms with Crippen LogP contribution in [0.5, 0.6) is 5.75 Å². The first-order valence-corrected chi connectivity index (χ1v) is 10.0. The van der Waals surface area contributed by atoms with E-state index in [1.807, 2.05) is 11.8 Å². The SMILES string of the molecule is C#Cc1cccc2cc(O)cc(-c3ncc4c(N5CC=NC(C)C5)nc(=O)[nH]c4c3F)c12. The number of nitrogens with one attached hydrogen (secondary N) is 1. The monoisotopic (exact) mass is 427 g/mol. The molecule has 7 nitrogen and oxygen atoms in total. The summed E-state index contributed by atoms with van der Waals surface area (Å²) in [4.78, 5) is 29.5. The van der Waals surface area contributed by atoms with E-state index in [0.29, 0.717) is 46.2 Å². The van der Waals surface area contributed by atoms with Gasteiger partial charge in [0.1, 0.15) is 17.3 Å². The molecular formula is C24H18FN5O2. The molecule has 1 aliphatic heterocycles. The van der Waals surface area contributed by atoms with Crippen molar-refractivity contribution in [2.24, 2.45) is 4.99 Å². The maximum Gasteiger partial charge on any atom is 0.347 e. The number of fused-ring (bicyclic) bond motifs is 2. The summed E-state index contributed by atoms with van der Waals surface area (Å²) in [6.07, 6.45) is 8.90. The average Bonchev–Trinajstić information content (AvgIpc) is 2.78. The van der Waals surface area contributed by atoms with Crippen molar-refractivity contribution < 1.29 is 9.50 Å². The van der Waals surface area contributed by atoms with Crippen molar-refractivity contribution in [3.63, 3.8) is 0 Å². The highest BCUT2D eigenvalue weighted by Gasteiger charge is 2.22. The summed E-state index contributed by atoms with van der Waals surface area (Å²) < 4.78 is 15.8. The Labute approximate surface area is 182 Å². The number of benzene rings is 2. The summed E-state index contributed by atoms with van der Waals surface area (Å²) in [5.41, 5.74) is 0.191. The number of rotatable bonds is 2. The number of halogens is 1. The number of aromatic amines is 1. The van der Waals surface area contributed by atoms with Crippen LogP contribution in [-0.2, 0) is 0 Å². The van der Waals surface area contributed by atoms with Crippen LogP contribution in [0.15, 0.2) is 46.3 Å². The summed E-state index contributed by atoms with van der Waals surface area (Å²) in [6.45, 7) is 2.96. The quantitative estimate of drug-likeness (QED) is 0.479. The Hall–Kier alpha value is -4.25. The first-order valence-electron chi connectivity index (χ1n) is 10.0. The van der Waals surface area contributed by atoms with E-state index >= 15 is 4.39 Å². The van der Waals surface area contributed by atoms with Crippen LogP contribution >= 0.6 is 0 Å². The Kier molecular flexibility index (Phi) is 4.59. The first kappa shape index (κ1) is 19.7. The molecule has 1 atom stereocenters. The lowest BCUT2D eigenvalue weighted by molar-refractivity contribution is 0.476. The molecular weight excluding hydrogens is 409 g/mol. The van der Waals surface area contributed by atoms with E-state index in [1.165, 1.54) is 12.3 Å². The molecule has 0 amide bonds. The zero-order valence-electron chi connectivity index (χ0n) is 17.1. The second kappa shape index (κ2) is 7.46. The molecule has 2 N–H and O–H groups in total. The second-order valence-corrected chi connectivity index (χ2v) is 7.70. The van der Waals surface area contributed by atoms with Gasteiger partial charge in [-0.15, -0.1) is 6.42 Å². The minimum atomic E-state index is -0.722. The minimum absolute atomic E-state index is 0.00477. The van der Waals surface area contributed by atoms with Gasteiger partial charge in [-0.05, 0) is 30.5 Å². The van der Waals surface area contributed by atoms with Crippen LogP contribution in [0.1, 0.15) is 12.5 Å². The molecule has 2 aromatic heterocycles. The molecule has 0 spiro atoms. The lowest BCUT2D eigenvalue weighted by Gasteiger charge is -2.28. The van der Waals surface area contributed by atoms with Gasteiger partial charge in [-0.3, -0.25) is 9.98 Å². The molecule has 8 heteroatoms. The normalized spacial score (nSPS) is 15.9. The fraction of sp³-hybridized carbons (Fsp3) is 0.167. The third kappa shape index (κ3) is 3.15. The molecule has 3 heterocycles. The fourth-order valence-electron chi connectivity index (χ4n) is 4.16. The van der Waals surface area contributed by atoms with Gasteiger partial charge < -0.3 is 15.0 Å². The molecule has 0 bridgehead atoms. The number of hydrogen-bond donors (Lipinski definition) is 2. The first-order chi connectivity index (χ1) is 15.5. The molecule has 1 unspecified atom stereocenters. The van der Waals surface area contributed by atoms with Gasteiger partial charge in [0.05, 0.1) is 23.5 Å². The zero-order valence-corrected chi connectivity index (χ0v) is 17.1. The Morgan fingerprint density at radius 2 is 2.19 bits per heavy atom. The van der Waals surface area contributed by atoms with E-state index in [1.54, 1.807) is 30.5 Å². The lowest BCUT2D eigenvalue weighted by Crippen LogP contribution is -2.37. The Balaban J connectivity index is 1.79. The van der Waals surface area contributed by atoms with Gasteiger partial charge in [-0.2, -0.15) is 4.98 Å². The Morgan fingerprint density at radius 1 is 1.34 bits per heavy atom. The number of phenols is 1. The van der Waals surface area contributed by atoms with Crippen LogP contribution in [-0.4, -0.2) is 45.4 Å². The molecule has 2 aromatic carbocycles. The highest BCUT2D eigenvalue weighted by molar-refractivity contribution is 6.02. The average molecular weight is 427 g/mol. The molecule has 0 fully saturated rings. The van der Waals surface area contributed by atoms with Crippen molar-refractivity contribution >= 4 is 33.7 Å². The van der Waals surface area contributed by atoms with Gasteiger partial charge in [0.25, 0.3) is 0 Å². The van der Waals surface area contributed by atoms with Crippen LogP contribution in [0.25, 0.3) is 32.9 Å². The van der Waals surface area contributed by atoms with Crippen molar-refractivity contribution in [2.45, 2.75) is 13.0 Å². The topological polar surface area (TPSA) is 94.5 Å². The molecule has 32 heavy (non-hydrogen) atoms. The van der Waals surface area contributed by atoms with Gasteiger partial charge in [0.2, 0.25) is 0 Å². The summed E-state index contributed by atoms with van der Waals surface area (Å²) in [5.74, 6) is 2.19. The third-order valence-corrected chi connectivity index (χ3v) is 5.52. The van der Waals surface area contributed by atoms with Gasteiger partial charge in [0, 0.05) is 35.5 Å². The number of nitrogens with zero attached hydrogens (tertiary/aromatic N) is 4. The van der Waals surface area contributed by atoms with Crippen molar-refractivity contribution in [1.29, 1.82) is 0 Å². The van der Waals surface area contributed by atoms with Crippen LogP contribution in [0, 0.1) is 18.2 Å². The molecule has 0 saturated heterocycles. The molecule has 4 aromatic rings. The Morgan fingerprint density at radius 3 is 2.97 bits per heavy atom. The molecule has 0 aliphatic carbocycles. The van der Waals surface area contributed by atoms with E-state index in [4.69, 9.17) is 6.42 Å². The van der Waals surface area contributed by atoms with Crippen molar-refractivity contribution in [3.05, 3.63) is 58.4 Å². The van der Waals surface area contributed by atoms with Gasteiger partial charge in [-0.25, -0.2) is 9.18 Å². The molecule has 1 aliphatic rings. The van der Waals surface area contributed by atoms with E-state index in [0.717, 1.165) is 0 Å². The summed E-state index contributed by atoms with van der Waals surface area (Å²) in [7, 11) is 0. The van der Waals surface area contributed by atoms with Crippen LogP contribution in [0.3, 0.4) is 0 Å². The van der Waals surface area contributed by atoms with E-state index in [-0.39, 0.29) is 23.0 Å². The summed E-state index contributed by atoms with van der Waals surface area (Å²) in [6, 6.07) is 8.29. The highest BCUT2D eigenvalue weighted by atomic mass is 19.1. The summed E-state index contributed by atoms with van der Waals surface area (Å²) in [5, 5.41) is 11.9. The van der Waals surface area contributed by atoms with Gasteiger partial charge in [-0.1, -0.05) is 18.1 Å². The number of aliphatic imine (C=N–C) groups is 1. The number of aromatic hydroxyl groups is 1. The summed E-state index contributed by atoms with van der Waals surface area (Å²) >= 11 is 0. The van der Waals surface area contributed by atoms with Crippen molar-refractivity contribution in [2.75, 3.05) is 18.0 Å². The number of terminal acetylenes is 1. The highest BCUT2D eigenvalue weighted by Crippen LogP contribution is 2.37. The molecule has 5 rings (SSSR count). The maximum absolute atomic E-state index is 15.8. The Bertz CT molecular complexity index is 1520. The van der Waals surface area contributed by atoms with Crippen LogP contribution < -0.4 is 10.6 Å². The molecule has 0 radical (unpaired) electrons. The predicted octanol–water partition coefficient (Wildman–Crippen LogP) is 3.24. The number of aromatic nitrogens is 3. The molecule has 0 saturated carbocycles. The fourth-order valence-corrected chi connectivity index (χ4v) is 4.16. The van der Waals surface area contributed by atoms with Crippen molar-refractivity contribution in [1.82, 2.24) is 15.0 Å². The maximum atomic E-state index is 15.8. The van der Waals surface area contributed by atoms with E-state index < -0.39 is 11.5 Å². The van der Waals surface area contributed by atoms with Crippen LogP contribution in [0.4, 0.5) is 10.2 Å². The third-order valence-electron chi connectivity index (χ3n) is 5.52. The molecule has 158 valence electrons. The second-order valence-electron chi connectivity index (χ2n) is 7.70. The number of anilines is 1. The van der Waals surface area contributed by atoms with Crippen LogP contribution in [0.2, 0.25) is 0 Å². The number of phenolic OH excluding ortho intramolecular Hbond substituents is 1. The smallest absolute Gasteiger partial charge is 0.347 e. The zero-order chi connectivity index (χ0) is 22.4. The minimum Gasteiger partial charge on any atom is -0.508 e. The van der Waals surface area contributed by atoms with Gasteiger partial charge in [0.15, 0.2) is 5.82 Å². The number of H-pyrrole nitrogens is 1. The number of pyridine rings is 1. The predicted molar refractivity (Wildman–Crippen MR) is 123 cm³/mol. The number of hydrogen-bond acceptors (Lipinski definition) is 6. The largest absolute Gasteiger partial charge is 0.508 e. The standard InChI is InChI=1S/C24H18FN5O2/c1-3-14-5-4-6-15-9-16(31)10-17(19(14)15)21-20(25)22-18(11-27-21)23(29-24(32)28-22)30-8-7-26-13(2)12-30/h1,4-7,9-11,13,31H,8,12H2,2H3,(H,28,29,32). The lowest BCUT2D eigenvalue weighted by atomic mass is 9.96. The van der Waals surface area contributed by atoms with E-state index in [2.05, 4.69) is 25.9 Å².